The third-order valence-electron chi connectivity index (χ3n) is 21.3. The summed E-state index contributed by atoms with van der Waals surface area (Å²) < 4.78 is 34.5. The Balaban J connectivity index is 1.37. The van der Waals surface area contributed by atoms with Gasteiger partial charge in [-0.25, -0.2) is 0 Å². The van der Waals surface area contributed by atoms with Crippen LogP contribution in [0.3, 0.4) is 0 Å². The minimum atomic E-state index is -1.98. The zero-order valence-corrected chi connectivity index (χ0v) is 63.9. The van der Waals surface area contributed by atoms with Gasteiger partial charge in [0.15, 0.2) is 18.9 Å². The molecular weight excluding hydrogens is 1290 g/mol. The molecule has 0 spiro atoms. The molecule has 0 aliphatic carbocycles. The molecule has 19 nitrogen and oxygen atoms in total. The lowest BCUT2D eigenvalue weighted by Crippen LogP contribution is -2.66. The predicted octanol–water partition coefficient (Wildman–Crippen LogP) is 14.5. The van der Waals surface area contributed by atoms with E-state index in [0.29, 0.717) is 12.8 Å². The van der Waals surface area contributed by atoms with E-state index in [1.165, 1.54) is 289 Å². The molecule has 0 bridgehead atoms. The van der Waals surface area contributed by atoms with E-state index in [1.807, 2.05) is 6.08 Å². The molecule has 3 rings (SSSR count). The van der Waals surface area contributed by atoms with Crippen molar-refractivity contribution in [3.63, 3.8) is 0 Å². The van der Waals surface area contributed by atoms with Gasteiger partial charge in [0.1, 0.15) is 73.2 Å². The highest BCUT2D eigenvalue weighted by Crippen LogP contribution is 2.33. The van der Waals surface area contributed by atoms with Gasteiger partial charge in [0.2, 0.25) is 5.91 Å². The van der Waals surface area contributed by atoms with Crippen LogP contribution in [-0.4, -0.2) is 193 Å². The van der Waals surface area contributed by atoms with Crippen molar-refractivity contribution < 1.29 is 89.4 Å². The highest BCUT2D eigenvalue weighted by atomic mass is 16.8. The highest BCUT2D eigenvalue weighted by molar-refractivity contribution is 5.76. The Morgan fingerprint density at radius 3 is 0.990 bits per heavy atom. The van der Waals surface area contributed by atoms with Gasteiger partial charge in [-0.05, 0) is 32.1 Å². The fourth-order valence-electron chi connectivity index (χ4n) is 14.5. The molecule has 101 heavy (non-hydrogen) atoms. The van der Waals surface area contributed by atoms with E-state index in [1.54, 1.807) is 6.08 Å². The van der Waals surface area contributed by atoms with Crippen molar-refractivity contribution in [1.82, 2.24) is 5.32 Å². The van der Waals surface area contributed by atoms with Gasteiger partial charge in [0.25, 0.3) is 0 Å². The van der Waals surface area contributed by atoms with Crippen molar-refractivity contribution in [3.05, 3.63) is 24.3 Å². The first-order chi connectivity index (χ1) is 49.3. The maximum Gasteiger partial charge on any atom is 0.220 e. The molecule has 596 valence electrons. The van der Waals surface area contributed by atoms with Gasteiger partial charge >= 0.3 is 0 Å². The van der Waals surface area contributed by atoms with E-state index in [0.717, 1.165) is 38.5 Å². The van der Waals surface area contributed by atoms with Gasteiger partial charge in [-0.2, -0.15) is 0 Å². The molecule has 0 saturated carbocycles. The summed E-state index contributed by atoms with van der Waals surface area (Å²) in [5.41, 5.74) is 0. The number of aliphatic hydroxyl groups is 11. The summed E-state index contributed by atoms with van der Waals surface area (Å²) in [4.78, 5) is 13.5. The molecule has 0 aromatic rings. The van der Waals surface area contributed by atoms with Gasteiger partial charge in [-0.15, -0.1) is 0 Å². The van der Waals surface area contributed by atoms with Crippen LogP contribution in [0, 0.1) is 0 Å². The van der Waals surface area contributed by atoms with Crippen LogP contribution in [0.4, 0.5) is 0 Å². The van der Waals surface area contributed by atoms with E-state index < -0.39 is 124 Å². The number of rotatable bonds is 68. The van der Waals surface area contributed by atoms with Gasteiger partial charge in [0.05, 0.1) is 38.6 Å². The highest BCUT2D eigenvalue weighted by Gasteiger charge is 2.54. The molecule has 1 amide bonds. The van der Waals surface area contributed by atoms with Crippen LogP contribution in [0.25, 0.3) is 0 Å². The summed E-state index contributed by atoms with van der Waals surface area (Å²) in [5.74, 6) is -0.277. The van der Waals surface area contributed by atoms with Crippen LogP contribution in [0.1, 0.15) is 361 Å². The third-order valence-corrected chi connectivity index (χ3v) is 21.3. The standard InChI is InChI=1S/C82H155NO18/c1-3-5-7-9-11-13-15-17-19-21-23-25-27-29-31-32-33-34-36-38-40-42-44-46-48-50-52-54-56-58-60-70(88)83-65(66(87)59-57-55-53-51-49-47-45-43-41-39-37-35-30-28-26-24-22-20-18-16-14-12-10-8-6-4-2)64-96-80-76(94)73(91)78(68(62-85)98-80)101-82-77(95)74(92)79(69(63-86)99-82)100-81-75(93)72(90)71(89)67(61-84)97-81/h49,51,57,59,65-69,71-82,84-87,89-95H,3-48,50,52-56,58,60-64H2,1-2H3,(H,83,88)/b51-49+,59-57+. The number of hydrogen-bond donors (Lipinski definition) is 12. The lowest BCUT2D eigenvalue weighted by molar-refractivity contribution is -0.379. The molecule has 17 unspecified atom stereocenters. The maximum atomic E-state index is 13.5. The Bertz CT molecular complexity index is 1920. The second-order valence-electron chi connectivity index (χ2n) is 30.3. The van der Waals surface area contributed by atoms with E-state index in [4.69, 9.17) is 28.4 Å². The minimum absolute atomic E-state index is 0.241. The normalized spacial score (nSPS) is 26.4. The molecule has 3 aliphatic rings. The Hall–Kier alpha value is -1.73. The number of nitrogens with one attached hydrogen (secondary N) is 1. The number of hydrogen-bond acceptors (Lipinski definition) is 18. The summed E-state index contributed by atoms with van der Waals surface area (Å²) in [7, 11) is 0. The fraction of sp³-hybridized carbons (Fsp3) is 0.939. The first-order valence-electron chi connectivity index (χ1n) is 42.1. The van der Waals surface area contributed by atoms with E-state index >= 15 is 0 Å². The van der Waals surface area contributed by atoms with Crippen LogP contribution in [0.15, 0.2) is 24.3 Å². The van der Waals surface area contributed by atoms with Crippen LogP contribution >= 0.6 is 0 Å². The van der Waals surface area contributed by atoms with E-state index in [2.05, 4.69) is 31.3 Å². The molecule has 0 aromatic heterocycles. The molecular formula is C82H155NO18. The summed E-state index contributed by atoms with van der Waals surface area (Å²) in [5, 5.41) is 121. The second-order valence-corrected chi connectivity index (χ2v) is 30.3. The quantitative estimate of drug-likeness (QED) is 0.0199. The second kappa shape index (κ2) is 63.2. The number of amides is 1. The van der Waals surface area contributed by atoms with Crippen molar-refractivity contribution in [2.75, 3.05) is 26.4 Å². The summed E-state index contributed by atoms with van der Waals surface area (Å²) in [6.45, 7) is 1.79. The molecule has 3 heterocycles. The molecule has 0 aromatic carbocycles. The third kappa shape index (κ3) is 43.2. The summed E-state index contributed by atoms with van der Waals surface area (Å²) in [6.07, 6.45) is 50.4. The van der Waals surface area contributed by atoms with Crippen LogP contribution in [0.2, 0.25) is 0 Å². The fourth-order valence-corrected chi connectivity index (χ4v) is 14.5. The number of carbonyl (C=O) groups is 1. The summed E-state index contributed by atoms with van der Waals surface area (Å²) >= 11 is 0. The molecule has 17 atom stereocenters. The minimum Gasteiger partial charge on any atom is -0.394 e. The summed E-state index contributed by atoms with van der Waals surface area (Å²) in [6, 6.07) is -0.989. The van der Waals surface area contributed by atoms with Crippen molar-refractivity contribution in [3.8, 4) is 0 Å². The Kier molecular flexibility index (Phi) is 58.5. The molecule has 3 saturated heterocycles. The number of carbonyl (C=O) groups excluding carboxylic acids is 1. The molecule has 0 radical (unpaired) electrons. The lowest BCUT2D eigenvalue weighted by atomic mass is 9.96. The Morgan fingerprint density at radius 1 is 0.347 bits per heavy atom. The monoisotopic (exact) mass is 1440 g/mol. The molecule has 3 fully saturated rings. The Morgan fingerprint density at radius 2 is 0.634 bits per heavy atom. The van der Waals surface area contributed by atoms with Crippen molar-refractivity contribution in [2.45, 2.75) is 465 Å². The lowest BCUT2D eigenvalue weighted by Gasteiger charge is -2.48. The zero-order chi connectivity index (χ0) is 73.2. The van der Waals surface area contributed by atoms with Crippen LogP contribution in [-0.2, 0) is 33.2 Å². The smallest absolute Gasteiger partial charge is 0.220 e. The SMILES string of the molecule is CCCCCCCCCCCCCCCCCCCCCC/C=C/CC/C=C/C(O)C(COC1OC(CO)C(OC2OC(CO)C(OC3OC(CO)C(O)C(O)C3O)C(O)C2O)C(O)C1O)NC(=O)CCCCCCCCCCCCCCCCCCCCCCCCCCCCCCCC. The maximum absolute atomic E-state index is 13.5. The number of allylic oxidation sites excluding steroid dienone is 3. The predicted molar refractivity (Wildman–Crippen MR) is 402 cm³/mol. The van der Waals surface area contributed by atoms with Crippen LogP contribution < -0.4 is 5.32 Å². The van der Waals surface area contributed by atoms with Gasteiger partial charge in [-0.1, -0.05) is 346 Å². The topological polar surface area (TPSA) is 307 Å². The average molecular weight is 1440 g/mol. The number of ether oxygens (including phenoxy) is 6. The first kappa shape index (κ1) is 93.5. The van der Waals surface area contributed by atoms with Crippen molar-refractivity contribution >= 4 is 5.91 Å². The van der Waals surface area contributed by atoms with Crippen LogP contribution in [0.5, 0.6) is 0 Å². The number of unbranched alkanes of at least 4 members (excludes halogenated alkanes) is 50. The molecule has 12 N–H and O–H groups in total. The average Bonchev–Trinajstić information content (AvgIpc) is 0.783. The zero-order valence-electron chi connectivity index (χ0n) is 63.9. The van der Waals surface area contributed by atoms with Crippen molar-refractivity contribution in [1.29, 1.82) is 0 Å². The first-order valence-corrected chi connectivity index (χ1v) is 42.1. The van der Waals surface area contributed by atoms with Gasteiger partial charge in [-0.3, -0.25) is 4.79 Å². The van der Waals surface area contributed by atoms with E-state index in [9.17, 15) is 61.0 Å². The van der Waals surface area contributed by atoms with Gasteiger partial charge < -0.3 is 89.9 Å². The van der Waals surface area contributed by atoms with Crippen molar-refractivity contribution in [2.24, 2.45) is 0 Å². The number of aliphatic hydroxyl groups excluding tert-OH is 11. The Labute approximate surface area is 613 Å². The molecule has 19 heteroatoms. The largest absolute Gasteiger partial charge is 0.394 e. The molecule has 3 aliphatic heterocycles. The van der Waals surface area contributed by atoms with Gasteiger partial charge in [0, 0.05) is 6.42 Å². The van der Waals surface area contributed by atoms with E-state index in [-0.39, 0.29) is 18.9 Å².